The first-order valence-corrected chi connectivity index (χ1v) is 17.7. The topological polar surface area (TPSA) is 269 Å². The molecule has 6 rings (SSSR count). The molecule has 268 valence electrons. The Bertz CT molecular complexity index is 2540. The number of anilines is 2. The molecule has 0 unspecified atom stereocenters. The van der Waals surface area contributed by atoms with Crippen LogP contribution in [-0.2, 0) is 20.2 Å². The minimum Gasteiger partial charge on any atom is -0.505 e. The molecule has 8 N–H and O–H groups in total. The molecule has 0 bridgehead atoms. The van der Waals surface area contributed by atoms with Crippen LogP contribution in [-0.4, -0.2) is 109 Å². The summed E-state index contributed by atoms with van der Waals surface area (Å²) in [5.74, 6) is -0.230. The molecule has 0 amide bonds. The Morgan fingerprint density at radius 2 is 0.852 bits per heavy atom. The summed E-state index contributed by atoms with van der Waals surface area (Å²) in [6.45, 7) is 0. The summed E-state index contributed by atoms with van der Waals surface area (Å²) in [6, 6.07) is 20.2. The zero-order valence-electron chi connectivity index (χ0n) is 29.1. The molecule has 0 fully saturated rings. The number of aromatic hydroxyl groups is 2. The van der Waals surface area contributed by atoms with E-state index >= 15 is 0 Å². The maximum absolute atomic E-state index is 11.8. The molecule has 0 aromatic heterocycles. The number of phenolic OH excluding ortho intramolecular Hbond substituents is 2. The van der Waals surface area contributed by atoms with E-state index in [2.05, 4.69) is 20.5 Å². The first kappa shape index (κ1) is 42.4. The second kappa shape index (κ2) is 16.6. The van der Waals surface area contributed by atoms with E-state index in [1.165, 1.54) is 50.6 Å². The molecule has 6 aromatic rings. The van der Waals surface area contributed by atoms with Crippen LogP contribution in [0.15, 0.2) is 115 Å². The normalized spacial score (nSPS) is 11.9. The predicted octanol–water partition coefficient (Wildman–Crippen LogP) is 6.82. The molecule has 2 radical (unpaired) electrons. The van der Waals surface area contributed by atoms with Crippen molar-refractivity contribution in [3.8, 4) is 34.1 Å². The summed E-state index contributed by atoms with van der Waals surface area (Å²) in [4.78, 5) is -0.844. The maximum atomic E-state index is 11.8. The van der Waals surface area contributed by atoms with Gasteiger partial charge in [-0.05, 0) is 71.8 Å². The maximum Gasteiger partial charge on any atom is 0.295 e. The van der Waals surface area contributed by atoms with Gasteiger partial charge in [0.25, 0.3) is 20.2 Å². The second-order valence-corrected chi connectivity index (χ2v) is 13.9. The van der Waals surface area contributed by atoms with E-state index in [4.69, 9.17) is 20.9 Å². The van der Waals surface area contributed by atoms with Crippen LogP contribution >= 0.6 is 0 Å². The molecule has 6 aromatic carbocycles. The number of rotatable bonds is 9. The van der Waals surface area contributed by atoms with Gasteiger partial charge in [-0.1, -0.05) is 24.3 Å². The molecule has 0 aliphatic carbocycles. The van der Waals surface area contributed by atoms with Gasteiger partial charge in [-0.15, -0.1) is 20.5 Å². The summed E-state index contributed by atoms with van der Waals surface area (Å²) in [5.41, 5.74) is 14.1. The smallest absolute Gasteiger partial charge is 0.295 e. The number of nitrogens with two attached hydrogens (primary N) is 2. The van der Waals surface area contributed by atoms with Crippen molar-refractivity contribution in [3.63, 3.8) is 0 Å². The standard InChI is InChI=1S/C34H28N6O10S2.2Na/c1-49-27-15-17(3-9-23(27)37-39-25-11-5-19-29(51(43,44)45)13-7-21(35)31(19)33(25)41)18-4-10-24(28(16-18)50-2)38-40-26-12-6-20-30(52(46,47)48)14-8-22(36)32(20)34(26)42;;/h3-16,41-42H,35-36H2,1-2H3,(H,43,44,45)(H,46,47,48);;. The van der Waals surface area contributed by atoms with Gasteiger partial charge in [0.2, 0.25) is 0 Å². The number of methoxy groups -OCH3 is 2. The summed E-state index contributed by atoms with van der Waals surface area (Å²) >= 11 is 0. The fourth-order valence-corrected chi connectivity index (χ4v) is 6.91. The van der Waals surface area contributed by atoms with Crippen molar-refractivity contribution in [2.24, 2.45) is 20.5 Å². The zero-order chi connectivity index (χ0) is 37.5. The molecular weight excluding hydrogens is 763 g/mol. The SMILES string of the molecule is COc1cc(-c2ccc(N=Nc3ccc4c(S(=O)(=O)O)ccc(N)c4c3O)c(OC)c2)ccc1N=Nc1ccc2c(S(=O)(=O)O)ccc(N)c2c1O.[Na].[Na]. The Morgan fingerprint density at radius 1 is 0.519 bits per heavy atom. The van der Waals surface area contributed by atoms with Crippen LogP contribution in [0, 0.1) is 0 Å². The Balaban J connectivity index is 0.00000325. The minimum atomic E-state index is -4.59. The molecule has 0 spiro atoms. The van der Waals surface area contributed by atoms with Gasteiger partial charge in [0.15, 0.2) is 11.5 Å². The van der Waals surface area contributed by atoms with Gasteiger partial charge in [0.05, 0.1) is 25.0 Å². The first-order chi connectivity index (χ1) is 24.6. The second-order valence-electron chi connectivity index (χ2n) is 11.1. The van der Waals surface area contributed by atoms with Crippen LogP contribution in [0.3, 0.4) is 0 Å². The molecule has 0 saturated heterocycles. The van der Waals surface area contributed by atoms with E-state index in [-0.39, 0.29) is 103 Å². The summed E-state index contributed by atoms with van der Waals surface area (Å²) < 4.78 is 77.5. The van der Waals surface area contributed by atoms with Gasteiger partial charge >= 0.3 is 0 Å². The monoisotopic (exact) mass is 790 g/mol. The van der Waals surface area contributed by atoms with E-state index in [0.717, 1.165) is 12.1 Å². The van der Waals surface area contributed by atoms with Crippen LogP contribution in [0.1, 0.15) is 0 Å². The van der Waals surface area contributed by atoms with Crippen molar-refractivity contribution >= 4 is 135 Å². The van der Waals surface area contributed by atoms with Gasteiger partial charge in [0.1, 0.15) is 44.0 Å². The molecule has 54 heavy (non-hydrogen) atoms. The minimum absolute atomic E-state index is 0. The Kier molecular flexibility index (Phi) is 13.0. The predicted molar refractivity (Wildman–Crippen MR) is 205 cm³/mol. The van der Waals surface area contributed by atoms with Gasteiger partial charge in [-0.25, -0.2) is 0 Å². The molecule has 0 aliphatic rings. The van der Waals surface area contributed by atoms with E-state index in [1.54, 1.807) is 36.4 Å². The number of hydrogen-bond donors (Lipinski definition) is 6. The fraction of sp³-hybridized carbons (Fsp3) is 0.0588. The Morgan fingerprint density at radius 3 is 1.19 bits per heavy atom. The van der Waals surface area contributed by atoms with Crippen LogP contribution < -0.4 is 20.9 Å². The third kappa shape index (κ3) is 8.32. The third-order valence-electron chi connectivity index (χ3n) is 8.03. The molecule has 0 aliphatic heterocycles. The average molecular weight is 791 g/mol. The van der Waals surface area contributed by atoms with Gasteiger partial charge in [-0.3, -0.25) is 9.11 Å². The number of fused-ring (bicyclic) bond motifs is 2. The van der Waals surface area contributed by atoms with E-state index in [9.17, 15) is 36.2 Å². The number of azo groups is 2. The molecule has 0 heterocycles. The van der Waals surface area contributed by atoms with E-state index in [1.807, 2.05) is 0 Å². The average Bonchev–Trinajstić information content (AvgIpc) is 3.10. The first-order valence-electron chi connectivity index (χ1n) is 14.9. The Labute approximate surface area is 352 Å². The van der Waals surface area contributed by atoms with Crippen LogP contribution in [0.25, 0.3) is 32.7 Å². The largest absolute Gasteiger partial charge is 0.505 e. The summed E-state index contributed by atoms with van der Waals surface area (Å²) in [7, 11) is -6.31. The number of nitrogens with zero attached hydrogens (tertiary/aromatic N) is 4. The summed E-state index contributed by atoms with van der Waals surface area (Å²) in [5, 5.41) is 38.4. The third-order valence-corrected chi connectivity index (χ3v) is 9.85. The van der Waals surface area contributed by atoms with Gasteiger partial charge < -0.3 is 31.2 Å². The molecule has 0 atom stereocenters. The Hall–Kier alpha value is -4.34. The summed E-state index contributed by atoms with van der Waals surface area (Å²) in [6.07, 6.45) is 0. The van der Waals surface area contributed by atoms with Crippen molar-refractivity contribution in [3.05, 3.63) is 84.9 Å². The number of hydrogen-bond acceptors (Lipinski definition) is 14. The van der Waals surface area contributed by atoms with Crippen LogP contribution in [0.2, 0.25) is 0 Å². The number of ether oxygens (including phenoxy) is 2. The van der Waals surface area contributed by atoms with Crippen molar-refractivity contribution in [2.75, 3.05) is 25.7 Å². The van der Waals surface area contributed by atoms with Crippen LogP contribution in [0.5, 0.6) is 23.0 Å². The van der Waals surface area contributed by atoms with Crippen LogP contribution in [0.4, 0.5) is 34.1 Å². The number of benzene rings is 6. The van der Waals surface area contributed by atoms with Crippen molar-refractivity contribution in [1.29, 1.82) is 0 Å². The van der Waals surface area contributed by atoms with Gasteiger partial charge in [-0.2, -0.15) is 16.8 Å². The van der Waals surface area contributed by atoms with Crippen molar-refractivity contribution in [1.82, 2.24) is 0 Å². The molecular formula is C34H28N6Na2O10S2. The fourth-order valence-electron chi connectivity index (χ4n) is 5.54. The van der Waals surface area contributed by atoms with Crippen molar-refractivity contribution < 1.29 is 45.6 Å². The van der Waals surface area contributed by atoms with Crippen molar-refractivity contribution in [2.45, 2.75) is 9.79 Å². The van der Waals surface area contributed by atoms with Gasteiger partial charge in [0, 0.05) is 81.3 Å². The number of phenols is 2. The molecule has 0 saturated carbocycles. The van der Waals surface area contributed by atoms with E-state index < -0.39 is 41.5 Å². The molecule has 16 nitrogen and oxygen atoms in total. The van der Waals surface area contributed by atoms with E-state index in [0.29, 0.717) is 34.0 Å². The quantitative estimate of drug-likeness (QED) is 0.0381. The molecule has 20 heteroatoms. The zero-order valence-corrected chi connectivity index (χ0v) is 34.7. The number of nitrogen functional groups attached to an aromatic ring is 2.